The molecular weight excluding hydrogens is 654 g/mol. The first-order valence-corrected chi connectivity index (χ1v) is 16.2. The van der Waals surface area contributed by atoms with Gasteiger partial charge in [-0.25, -0.2) is 4.79 Å². The predicted molar refractivity (Wildman–Crippen MR) is 176 cm³/mol. The van der Waals surface area contributed by atoms with Crippen LogP contribution in [-0.4, -0.2) is 36.4 Å². The summed E-state index contributed by atoms with van der Waals surface area (Å²) < 4.78 is 99.0. The number of halogens is 6. The summed E-state index contributed by atoms with van der Waals surface area (Å²) in [4.78, 5) is 26.2. The molecule has 49 heavy (non-hydrogen) atoms. The molecular formula is C36H46F6N2O5. The molecule has 0 saturated carbocycles. The summed E-state index contributed by atoms with van der Waals surface area (Å²) in [7, 11) is 0. The van der Waals surface area contributed by atoms with E-state index in [0.29, 0.717) is 12.0 Å². The molecule has 4 N–H and O–H groups in total. The highest BCUT2D eigenvalue weighted by molar-refractivity contribution is 5.83. The van der Waals surface area contributed by atoms with Crippen LogP contribution in [0.2, 0.25) is 0 Å². The Morgan fingerprint density at radius 1 is 0.878 bits per heavy atom. The number of nitrogens with two attached hydrogens (primary N) is 2. The van der Waals surface area contributed by atoms with Crippen molar-refractivity contribution in [1.82, 2.24) is 0 Å². The van der Waals surface area contributed by atoms with Crippen molar-refractivity contribution >= 4 is 16.9 Å². The highest BCUT2D eigenvalue weighted by Crippen LogP contribution is 2.40. The molecule has 2 atom stereocenters. The predicted octanol–water partition coefficient (Wildman–Crippen LogP) is 8.57. The van der Waals surface area contributed by atoms with E-state index >= 15 is 0 Å². The molecule has 7 nitrogen and oxygen atoms in total. The highest BCUT2D eigenvalue weighted by Gasteiger charge is 2.49. The van der Waals surface area contributed by atoms with Gasteiger partial charge in [-0.05, 0) is 83.7 Å². The Hall–Kier alpha value is -3.58. The molecule has 0 fully saturated rings. The third-order valence-corrected chi connectivity index (χ3v) is 8.59. The average Bonchev–Trinajstić information content (AvgIpc) is 2.95. The van der Waals surface area contributed by atoms with Crippen molar-refractivity contribution in [3.8, 4) is 16.9 Å². The second-order valence-electron chi connectivity index (χ2n) is 14.3. The Bertz CT molecular complexity index is 1650. The van der Waals surface area contributed by atoms with Gasteiger partial charge in [-0.2, -0.15) is 26.3 Å². The maximum absolute atomic E-state index is 14.1. The van der Waals surface area contributed by atoms with E-state index in [9.17, 15) is 35.9 Å². The number of hydrogen-bond acceptors (Lipinski definition) is 7. The van der Waals surface area contributed by atoms with E-state index in [1.54, 1.807) is 40.7 Å². The van der Waals surface area contributed by atoms with Crippen LogP contribution in [0.25, 0.3) is 22.1 Å². The van der Waals surface area contributed by atoms with Gasteiger partial charge < -0.3 is 25.4 Å². The minimum atomic E-state index is -4.73. The van der Waals surface area contributed by atoms with Crippen LogP contribution < -0.4 is 21.8 Å². The molecule has 0 radical (unpaired) electrons. The third-order valence-electron chi connectivity index (χ3n) is 8.59. The Kier molecular flexibility index (Phi) is 12.3. The van der Waals surface area contributed by atoms with Crippen molar-refractivity contribution in [2.45, 2.75) is 103 Å². The minimum Gasteiger partial charge on any atom is -0.493 e. The molecule has 0 aliphatic heterocycles. The average molecular weight is 701 g/mol. The number of esters is 1. The largest absolute Gasteiger partial charge is 0.493 e. The van der Waals surface area contributed by atoms with E-state index in [4.69, 9.17) is 25.4 Å². The van der Waals surface area contributed by atoms with E-state index in [2.05, 4.69) is 0 Å². The van der Waals surface area contributed by atoms with Crippen molar-refractivity contribution in [2.75, 3.05) is 13.2 Å². The second-order valence-corrected chi connectivity index (χ2v) is 14.3. The smallest absolute Gasteiger partial charge is 0.417 e. The summed E-state index contributed by atoms with van der Waals surface area (Å²) >= 11 is 0. The van der Waals surface area contributed by atoms with Crippen molar-refractivity contribution < 1.29 is 45.0 Å². The number of ether oxygens (including phenoxy) is 2. The monoisotopic (exact) mass is 700 g/mol. The molecule has 272 valence electrons. The summed E-state index contributed by atoms with van der Waals surface area (Å²) in [5, 5.41) is 0.273. The van der Waals surface area contributed by atoms with Crippen LogP contribution in [-0.2, 0) is 22.1 Å². The van der Waals surface area contributed by atoms with Crippen molar-refractivity contribution in [3.63, 3.8) is 0 Å². The van der Waals surface area contributed by atoms with Crippen LogP contribution in [0.3, 0.4) is 0 Å². The lowest BCUT2D eigenvalue weighted by Crippen LogP contribution is -2.58. The minimum absolute atomic E-state index is 0.0344. The van der Waals surface area contributed by atoms with Gasteiger partial charge in [0, 0.05) is 34.0 Å². The summed E-state index contributed by atoms with van der Waals surface area (Å²) in [6, 6.07) is 9.23. The van der Waals surface area contributed by atoms with Crippen LogP contribution in [0.5, 0.6) is 5.75 Å². The lowest BCUT2D eigenvalue weighted by atomic mass is 9.67. The lowest BCUT2D eigenvalue weighted by molar-refractivity contribution is -0.170. The topological polar surface area (TPSA) is 118 Å². The molecule has 0 aliphatic carbocycles. The maximum atomic E-state index is 14.1. The molecule has 1 aromatic heterocycles. The van der Waals surface area contributed by atoms with E-state index in [1.165, 1.54) is 30.3 Å². The number of unbranched alkanes of at least 4 members (excludes halogenated alkanes) is 2. The molecule has 2 unspecified atom stereocenters. The first kappa shape index (κ1) is 39.9. The van der Waals surface area contributed by atoms with Crippen molar-refractivity contribution in [2.24, 2.45) is 22.8 Å². The molecule has 0 spiro atoms. The van der Waals surface area contributed by atoms with Gasteiger partial charge in [0.05, 0.1) is 36.2 Å². The fraction of sp³-hybridized carbons (Fsp3) is 0.556. The van der Waals surface area contributed by atoms with Gasteiger partial charge in [-0.15, -0.1) is 0 Å². The number of aryl methyl sites for hydroxylation is 1. The molecule has 0 aliphatic rings. The fourth-order valence-corrected chi connectivity index (χ4v) is 5.70. The zero-order valence-electron chi connectivity index (χ0n) is 28.7. The number of carbonyl (C=O) groups is 1. The lowest BCUT2D eigenvalue weighted by Gasteiger charge is -2.43. The van der Waals surface area contributed by atoms with E-state index in [0.717, 1.165) is 25.3 Å². The van der Waals surface area contributed by atoms with Gasteiger partial charge in [0.2, 0.25) is 0 Å². The molecule has 0 amide bonds. The van der Waals surface area contributed by atoms with E-state index < -0.39 is 71.6 Å². The van der Waals surface area contributed by atoms with Crippen LogP contribution in [0.1, 0.15) is 84.8 Å². The Morgan fingerprint density at radius 2 is 1.55 bits per heavy atom. The van der Waals surface area contributed by atoms with Gasteiger partial charge in [0.1, 0.15) is 11.3 Å². The Labute approximate surface area is 282 Å². The van der Waals surface area contributed by atoms with Gasteiger partial charge in [-0.3, -0.25) is 4.79 Å². The van der Waals surface area contributed by atoms with Gasteiger partial charge in [0.15, 0.2) is 0 Å². The first-order chi connectivity index (χ1) is 22.4. The van der Waals surface area contributed by atoms with Gasteiger partial charge >= 0.3 is 23.9 Å². The fourth-order valence-electron chi connectivity index (χ4n) is 5.70. The number of alkyl halides is 6. The molecule has 1 heterocycles. The van der Waals surface area contributed by atoms with Crippen LogP contribution in [0.4, 0.5) is 26.3 Å². The molecule has 0 saturated heterocycles. The van der Waals surface area contributed by atoms with E-state index in [-0.39, 0.29) is 34.3 Å². The quantitative estimate of drug-likeness (QED) is 0.0706. The zero-order valence-corrected chi connectivity index (χ0v) is 28.7. The maximum Gasteiger partial charge on any atom is 0.417 e. The molecule has 3 aromatic rings. The number of carbonyl (C=O) groups excluding carboxylic acids is 1. The van der Waals surface area contributed by atoms with Gasteiger partial charge in [0.25, 0.3) is 0 Å². The Morgan fingerprint density at radius 3 is 2.12 bits per heavy atom. The van der Waals surface area contributed by atoms with Crippen LogP contribution in [0.15, 0.2) is 51.7 Å². The second kappa shape index (κ2) is 15.1. The van der Waals surface area contributed by atoms with Crippen LogP contribution >= 0.6 is 0 Å². The SMILES string of the molecule is CCCCCc1ccc(-c2cc3ccc(OCC(COC(=O)C(C)(CC(C)(C)N)C(C)(C)N)CC(F)(F)F)cc3oc2=O)c(C(F)(F)F)c1. The molecule has 0 bridgehead atoms. The number of rotatable bonds is 15. The van der Waals surface area contributed by atoms with E-state index in [1.807, 2.05) is 6.92 Å². The summed E-state index contributed by atoms with van der Waals surface area (Å²) in [5.41, 5.74) is 7.03. The molecule has 2 aromatic carbocycles. The first-order valence-electron chi connectivity index (χ1n) is 16.2. The standard InChI is InChI=1S/C36H46F6N2O5/c1-7-8-9-10-22-11-14-26(28(15-22)36(40,41)42)27-16-24-12-13-25(17-29(24)49-30(27)45)47-19-23(18-35(37,38)39)20-48-31(46)34(6,33(4,5)44)21-32(2,3)43/h11-17,23H,7-10,18-21,43-44H2,1-6H3. The number of hydrogen-bond donors (Lipinski definition) is 2. The Balaban J connectivity index is 1.84. The van der Waals surface area contributed by atoms with Gasteiger partial charge in [-0.1, -0.05) is 31.9 Å². The van der Waals surface area contributed by atoms with Crippen LogP contribution in [0, 0.1) is 11.3 Å². The highest BCUT2D eigenvalue weighted by atomic mass is 19.4. The van der Waals surface area contributed by atoms with Crippen molar-refractivity contribution in [1.29, 1.82) is 0 Å². The summed E-state index contributed by atoms with van der Waals surface area (Å²) in [6.45, 7) is 9.02. The molecule has 13 heteroatoms. The summed E-state index contributed by atoms with van der Waals surface area (Å²) in [6.07, 6.45) is -7.55. The third kappa shape index (κ3) is 11.0. The van der Waals surface area contributed by atoms with Crippen molar-refractivity contribution in [3.05, 3.63) is 64.0 Å². The number of fused-ring (bicyclic) bond motifs is 1. The number of benzene rings is 2. The molecule has 3 rings (SSSR count). The normalized spacial score (nSPS) is 14.8. The zero-order chi connectivity index (χ0) is 37.0. The summed E-state index contributed by atoms with van der Waals surface area (Å²) in [5.74, 6) is -2.07.